The van der Waals surface area contributed by atoms with Crippen LogP contribution >= 0.6 is 0 Å². The Kier molecular flexibility index (Phi) is 5.31. The Morgan fingerprint density at radius 3 is 2.69 bits per heavy atom. The summed E-state index contributed by atoms with van der Waals surface area (Å²) < 4.78 is 19.9. The van der Waals surface area contributed by atoms with Crippen LogP contribution in [0.1, 0.15) is 17.7 Å². The van der Waals surface area contributed by atoms with Gasteiger partial charge in [0.25, 0.3) is 0 Å². The molecule has 26 heavy (non-hydrogen) atoms. The molecule has 1 amide bonds. The van der Waals surface area contributed by atoms with E-state index in [0.29, 0.717) is 24.3 Å². The summed E-state index contributed by atoms with van der Waals surface area (Å²) in [6.07, 6.45) is 0.938. The fraction of sp³-hybridized carbons (Fsp3) is 0.200. The highest BCUT2D eigenvalue weighted by Gasteiger charge is 2.11. The van der Waals surface area contributed by atoms with E-state index in [1.54, 1.807) is 30.0 Å². The molecule has 0 saturated carbocycles. The van der Waals surface area contributed by atoms with Gasteiger partial charge in [-0.1, -0.05) is 12.1 Å². The van der Waals surface area contributed by atoms with Crippen molar-refractivity contribution in [2.45, 2.75) is 19.8 Å². The van der Waals surface area contributed by atoms with Crippen molar-refractivity contribution in [2.24, 2.45) is 0 Å². The number of nitrogens with zero attached hydrogens (tertiary/aromatic N) is 2. The van der Waals surface area contributed by atoms with Crippen molar-refractivity contribution in [3.05, 3.63) is 71.7 Å². The minimum atomic E-state index is -0.318. The lowest BCUT2D eigenvalue weighted by Crippen LogP contribution is -2.15. The standard InChI is InChI=1S/C20H20FN3O2/c1-14-12-19(24(23-14)17-9-7-16(21)8-10-17)22-20(25)11-6-15-4-3-5-18(13-15)26-2/h3-5,7-10,12-13H,6,11H2,1-2H3,(H,22,25). The zero-order chi connectivity index (χ0) is 18.5. The zero-order valence-corrected chi connectivity index (χ0v) is 14.7. The first-order valence-corrected chi connectivity index (χ1v) is 8.30. The predicted molar refractivity (Wildman–Crippen MR) is 98.2 cm³/mol. The molecule has 0 unspecified atom stereocenters. The molecule has 6 heteroatoms. The molecule has 5 nitrogen and oxygen atoms in total. The second-order valence-corrected chi connectivity index (χ2v) is 5.96. The minimum absolute atomic E-state index is 0.115. The number of ether oxygens (including phenoxy) is 1. The van der Waals surface area contributed by atoms with Crippen molar-refractivity contribution in [1.82, 2.24) is 9.78 Å². The van der Waals surface area contributed by atoms with Gasteiger partial charge in [0.05, 0.1) is 18.5 Å². The van der Waals surface area contributed by atoms with Gasteiger partial charge in [-0.2, -0.15) is 5.10 Å². The van der Waals surface area contributed by atoms with E-state index in [4.69, 9.17) is 4.74 Å². The lowest BCUT2D eigenvalue weighted by Gasteiger charge is -2.09. The summed E-state index contributed by atoms with van der Waals surface area (Å²) in [5.41, 5.74) is 2.47. The van der Waals surface area contributed by atoms with E-state index in [-0.39, 0.29) is 11.7 Å². The van der Waals surface area contributed by atoms with Crippen LogP contribution < -0.4 is 10.1 Å². The molecule has 0 radical (unpaired) electrons. The molecule has 1 heterocycles. The fourth-order valence-corrected chi connectivity index (χ4v) is 2.66. The van der Waals surface area contributed by atoms with Crippen LogP contribution in [0.3, 0.4) is 0 Å². The van der Waals surface area contributed by atoms with Gasteiger partial charge in [0.15, 0.2) is 0 Å². The lowest BCUT2D eigenvalue weighted by molar-refractivity contribution is -0.116. The highest BCUT2D eigenvalue weighted by molar-refractivity contribution is 5.90. The minimum Gasteiger partial charge on any atom is -0.497 e. The highest BCUT2D eigenvalue weighted by atomic mass is 19.1. The second-order valence-electron chi connectivity index (χ2n) is 5.96. The molecule has 3 rings (SSSR count). The number of anilines is 1. The third kappa shape index (κ3) is 4.27. The predicted octanol–water partition coefficient (Wildman–Crippen LogP) is 3.90. The molecule has 0 bridgehead atoms. The lowest BCUT2D eigenvalue weighted by atomic mass is 10.1. The smallest absolute Gasteiger partial charge is 0.225 e. The molecule has 0 atom stereocenters. The molecule has 0 saturated heterocycles. The van der Waals surface area contributed by atoms with Gasteiger partial charge >= 0.3 is 0 Å². The van der Waals surface area contributed by atoms with Crippen molar-refractivity contribution in [3.8, 4) is 11.4 Å². The Hall–Kier alpha value is -3.15. The average Bonchev–Trinajstić information content (AvgIpc) is 3.01. The molecule has 1 N–H and O–H groups in total. The molecule has 0 aliphatic rings. The van der Waals surface area contributed by atoms with Crippen LogP contribution in [0.25, 0.3) is 5.69 Å². The van der Waals surface area contributed by atoms with Crippen LogP contribution in [0, 0.1) is 12.7 Å². The van der Waals surface area contributed by atoms with E-state index in [2.05, 4.69) is 10.4 Å². The topological polar surface area (TPSA) is 56.1 Å². The van der Waals surface area contributed by atoms with E-state index in [0.717, 1.165) is 17.0 Å². The van der Waals surface area contributed by atoms with Crippen LogP contribution in [-0.2, 0) is 11.2 Å². The van der Waals surface area contributed by atoms with Gasteiger partial charge in [0.2, 0.25) is 5.91 Å². The zero-order valence-electron chi connectivity index (χ0n) is 14.7. The Bertz CT molecular complexity index is 904. The summed E-state index contributed by atoms with van der Waals surface area (Å²) in [5, 5.41) is 7.25. The van der Waals surface area contributed by atoms with Crippen molar-refractivity contribution < 1.29 is 13.9 Å². The van der Waals surface area contributed by atoms with E-state index >= 15 is 0 Å². The maximum absolute atomic E-state index is 13.1. The SMILES string of the molecule is COc1cccc(CCC(=O)Nc2cc(C)nn2-c2ccc(F)cc2)c1. The number of aromatic nitrogens is 2. The Balaban J connectivity index is 1.68. The summed E-state index contributed by atoms with van der Waals surface area (Å²) in [6, 6.07) is 15.4. The highest BCUT2D eigenvalue weighted by Crippen LogP contribution is 2.18. The van der Waals surface area contributed by atoms with Crippen LogP contribution in [0.4, 0.5) is 10.2 Å². The van der Waals surface area contributed by atoms with Gasteiger partial charge in [0.1, 0.15) is 17.4 Å². The molecule has 0 aliphatic carbocycles. The molecule has 0 spiro atoms. The van der Waals surface area contributed by atoms with Gasteiger partial charge in [-0.15, -0.1) is 0 Å². The maximum Gasteiger partial charge on any atom is 0.225 e. The van der Waals surface area contributed by atoms with E-state index in [9.17, 15) is 9.18 Å². The van der Waals surface area contributed by atoms with Crippen LogP contribution in [0.2, 0.25) is 0 Å². The molecule has 1 aromatic heterocycles. The maximum atomic E-state index is 13.1. The Morgan fingerprint density at radius 2 is 1.96 bits per heavy atom. The molecular weight excluding hydrogens is 333 g/mol. The summed E-state index contributed by atoms with van der Waals surface area (Å²) >= 11 is 0. The first-order valence-electron chi connectivity index (χ1n) is 8.30. The number of hydrogen-bond acceptors (Lipinski definition) is 3. The number of aryl methyl sites for hydroxylation is 2. The summed E-state index contributed by atoms with van der Waals surface area (Å²) in [4.78, 5) is 12.3. The molecular formula is C20H20FN3O2. The second kappa shape index (κ2) is 7.82. The number of nitrogens with one attached hydrogen (secondary N) is 1. The van der Waals surface area contributed by atoms with Crippen LogP contribution in [-0.4, -0.2) is 22.8 Å². The van der Waals surface area contributed by atoms with Gasteiger partial charge in [-0.05, 0) is 55.3 Å². The van der Waals surface area contributed by atoms with Gasteiger partial charge in [-0.25, -0.2) is 9.07 Å². The number of carbonyl (C=O) groups excluding carboxylic acids is 1. The van der Waals surface area contributed by atoms with Crippen LogP contribution in [0.5, 0.6) is 5.75 Å². The Morgan fingerprint density at radius 1 is 1.19 bits per heavy atom. The third-order valence-electron chi connectivity index (χ3n) is 3.95. The largest absolute Gasteiger partial charge is 0.497 e. The number of benzene rings is 2. The molecule has 134 valence electrons. The number of methoxy groups -OCH3 is 1. The summed E-state index contributed by atoms with van der Waals surface area (Å²) in [6.45, 7) is 1.84. The van der Waals surface area contributed by atoms with Gasteiger partial charge in [-0.3, -0.25) is 4.79 Å². The molecule has 0 fully saturated rings. The van der Waals surface area contributed by atoms with Crippen LogP contribution in [0.15, 0.2) is 54.6 Å². The van der Waals surface area contributed by atoms with Crippen molar-refractivity contribution in [2.75, 3.05) is 12.4 Å². The first kappa shape index (κ1) is 17.7. The molecule has 0 aliphatic heterocycles. The fourth-order valence-electron chi connectivity index (χ4n) is 2.66. The number of hydrogen-bond donors (Lipinski definition) is 1. The number of halogens is 1. The van der Waals surface area contributed by atoms with E-state index in [1.165, 1.54) is 12.1 Å². The van der Waals surface area contributed by atoms with Crippen molar-refractivity contribution in [1.29, 1.82) is 0 Å². The monoisotopic (exact) mass is 353 g/mol. The molecule has 3 aromatic rings. The number of carbonyl (C=O) groups is 1. The van der Waals surface area contributed by atoms with Gasteiger partial charge < -0.3 is 10.1 Å². The average molecular weight is 353 g/mol. The normalized spacial score (nSPS) is 10.6. The summed E-state index contributed by atoms with van der Waals surface area (Å²) in [7, 11) is 1.62. The van der Waals surface area contributed by atoms with Crippen molar-refractivity contribution in [3.63, 3.8) is 0 Å². The van der Waals surface area contributed by atoms with Gasteiger partial charge in [0, 0.05) is 12.5 Å². The summed E-state index contributed by atoms with van der Waals surface area (Å²) in [5.74, 6) is 0.898. The molecule has 2 aromatic carbocycles. The number of amides is 1. The number of rotatable bonds is 6. The third-order valence-corrected chi connectivity index (χ3v) is 3.95. The quantitative estimate of drug-likeness (QED) is 0.731. The first-order chi connectivity index (χ1) is 12.5. The van der Waals surface area contributed by atoms with E-state index < -0.39 is 0 Å². The van der Waals surface area contributed by atoms with Crippen molar-refractivity contribution >= 4 is 11.7 Å². The Labute approximate surface area is 151 Å². The van der Waals surface area contributed by atoms with E-state index in [1.807, 2.05) is 31.2 Å².